The molecule has 0 aromatic rings. The van der Waals surface area contributed by atoms with Crippen LogP contribution in [0.1, 0.15) is 40.5 Å². The fourth-order valence-electron chi connectivity index (χ4n) is 3.26. The van der Waals surface area contributed by atoms with Crippen molar-refractivity contribution in [2.45, 2.75) is 70.9 Å². The van der Waals surface area contributed by atoms with Gasteiger partial charge in [0.15, 0.2) is 6.10 Å². The first kappa shape index (κ1) is 25.0. The average Bonchev–Trinajstić information content (AvgIpc) is 3.11. The number of carbonyl (C=O) groups excluding carboxylic acids is 3. The van der Waals surface area contributed by atoms with E-state index in [-0.39, 0.29) is 18.9 Å². The van der Waals surface area contributed by atoms with Gasteiger partial charge in [-0.3, -0.25) is 9.59 Å². The predicted octanol–water partition coefficient (Wildman–Crippen LogP) is 1.42. The summed E-state index contributed by atoms with van der Waals surface area (Å²) < 4.78 is 43.3. The largest absolute Gasteiger partial charge is 0.453 e. The maximum atomic E-state index is 12.9. The molecule has 3 N–H and O–H groups in total. The van der Waals surface area contributed by atoms with Crippen LogP contribution >= 0.6 is 0 Å². The summed E-state index contributed by atoms with van der Waals surface area (Å²) in [5, 5.41) is 14.3. The number of amides is 3. The van der Waals surface area contributed by atoms with Crippen molar-refractivity contribution in [3.05, 3.63) is 0 Å². The maximum Gasteiger partial charge on any atom is 0.416 e. The lowest BCUT2D eigenvalue weighted by Crippen LogP contribution is -2.59. The summed E-state index contributed by atoms with van der Waals surface area (Å²) in [5.74, 6) is -2.27. The molecular formula is C18H30F3N3O5. The van der Waals surface area contributed by atoms with E-state index in [0.717, 1.165) is 7.11 Å². The number of nitrogens with one attached hydrogen (secondary N) is 2. The van der Waals surface area contributed by atoms with Gasteiger partial charge >= 0.3 is 12.3 Å². The number of hydrogen-bond acceptors (Lipinski definition) is 5. The van der Waals surface area contributed by atoms with Gasteiger partial charge < -0.3 is 25.4 Å². The molecular weight excluding hydrogens is 395 g/mol. The SMILES string of the molecule is COC(=O)N[C@H](C(=O)N1CCCC1C(=O)N[C@@H](C(C)C)C(O)C(F)(F)F)C(C)C. The van der Waals surface area contributed by atoms with Crippen LogP contribution in [0.25, 0.3) is 0 Å². The van der Waals surface area contributed by atoms with Crippen molar-refractivity contribution in [2.75, 3.05) is 13.7 Å². The molecule has 0 aromatic heterocycles. The molecule has 1 aliphatic rings. The molecule has 4 atom stereocenters. The fraction of sp³-hybridized carbons (Fsp3) is 0.833. The van der Waals surface area contributed by atoms with Crippen LogP contribution in [0, 0.1) is 11.8 Å². The Labute approximate surface area is 168 Å². The van der Waals surface area contributed by atoms with Gasteiger partial charge in [-0.05, 0) is 24.7 Å². The van der Waals surface area contributed by atoms with E-state index in [1.807, 2.05) is 0 Å². The third-order valence-corrected chi connectivity index (χ3v) is 4.93. The van der Waals surface area contributed by atoms with Gasteiger partial charge in [-0.2, -0.15) is 13.2 Å². The summed E-state index contributed by atoms with van der Waals surface area (Å²) in [7, 11) is 1.15. The van der Waals surface area contributed by atoms with E-state index in [2.05, 4.69) is 15.4 Å². The van der Waals surface area contributed by atoms with Crippen LogP contribution in [-0.4, -0.2) is 72.0 Å². The van der Waals surface area contributed by atoms with Gasteiger partial charge in [-0.25, -0.2) is 4.79 Å². The minimum Gasteiger partial charge on any atom is -0.453 e. The number of hydrogen-bond donors (Lipinski definition) is 3. The number of likely N-dealkylation sites (tertiary alicyclic amines) is 1. The zero-order chi connectivity index (χ0) is 22.5. The molecule has 1 rings (SSSR count). The van der Waals surface area contributed by atoms with Crippen LogP contribution in [0.15, 0.2) is 0 Å². The molecule has 168 valence electrons. The summed E-state index contributed by atoms with van der Waals surface area (Å²) in [6.45, 7) is 6.55. The Morgan fingerprint density at radius 1 is 1.10 bits per heavy atom. The van der Waals surface area contributed by atoms with Gasteiger partial charge in [0.1, 0.15) is 12.1 Å². The van der Waals surface area contributed by atoms with Crippen molar-refractivity contribution in [1.29, 1.82) is 0 Å². The van der Waals surface area contributed by atoms with E-state index in [4.69, 9.17) is 0 Å². The first-order valence-electron chi connectivity index (χ1n) is 9.51. The number of aliphatic hydroxyl groups excluding tert-OH is 1. The van der Waals surface area contributed by atoms with Crippen LogP contribution in [0.4, 0.5) is 18.0 Å². The number of rotatable bonds is 7. The summed E-state index contributed by atoms with van der Waals surface area (Å²) in [4.78, 5) is 38.4. The van der Waals surface area contributed by atoms with E-state index < -0.39 is 54.2 Å². The number of methoxy groups -OCH3 is 1. The lowest BCUT2D eigenvalue weighted by Gasteiger charge is -2.33. The first-order valence-corrected chi connectivity index (χ1v) is 9.51. The Morgan fingerprint density at radius 3 is 2.14 bits per heavy atom. The molecule has 1 saturated heterocycles. The summed E-state index contributed by atoms with van der Waals surface area (Å²) in [5.41, 5.74) is 0. The minimum absolute atomic E-state index is 0.233. The summed E-state index contributed by atoms with van der Waals surface area (Å²) in [6, 6.07) is -3.48. The van der Waals surface area contributed by atoms with E-state index >= 15 is 0 Å². The number of carbonyl (C=O) groups is 3. The van der Waals surface area contributed by atoms with E-state index in [9.17, 15) is 32.7 Å². The zero-order valence-electron chi connectivity index (χ0n) is 17.2. The second kappa shape index (κ2) is 10.1. The molecule has 0 aromatic carbocycles. The van der Waals surface area contributed by atoms with Crippen molar-refractivity contribution < 1.29 is 37.4 Å². The molecule has 0 saturated carbocycles. The number of aliphatic hydroxyl groups is 1. The molecule has 0 spiro atoms. The number of nitrogens with zero attached hydrogens (tertiary/aromatic N) is 1. The lowest BCUT2D eigenvalue weighted by molar-refractivity contribution is -0.215. The monoisotopic (exact) mass is 425 g/mol. The molecule has 0 bridgehead atoms. The van der Waals surface area contributed by atoms with Crippen LogP contribution in [-0.2, 0) is 14.3 Å². The second-order valence-electron chi connectivity index (χ2n) is 7.81. The van der Waals surface area contributed by atoms with Crippen molar-refractivity contribution in [1.82, 2.24) is 15.5 Å². The van der Waals surface area contributed by atoms with E-state index in [1.165, 1.54) is 18.7 Å². The second-order valence-corrected chi connectivity index (χ2v) is 7.81. The normalized spacial score (nSPS) is 20.4. The van der Waals surface area contributed by atoms with Gasteiger partial charge in [0.05, 0.1) is 13.2 Å². The Hall–Kier alpha value is -2.04. The highest BCUT2D eigenvalue weighted by Crippen LogP contribution is 2.26. The van der Waals surface area contributed by atoms with Crippen molar-refractivity contribution in [3.8, 4) is 0 Å². The van der Waals surface area contributed by atoms with Crippen LogP contribution in [0.3, 0.4) is 0 Å². The van der Waals surface area contributed by atoms with Gasteiger partial charge in [-0.1, -0.05) is 27.7 Å². The quantitative estimate of drug-likeness (QED) is 0.572. The van der Waals surface area contributed by atoms with Crippen molar-refractivity contribution in [2.24, 2.45) is 11.8 Å². The van der Waals surface area contributed by atoms with Gasteiger partial charge in [-0.15, -0.1) is 0 Å². The van der Waals surface area contributed by atoms with Crippen LogP contribution in [0.2, 0.25) is 0 Å². The number of ether oxygens (including phenoxy) is 1. The molecule has 3 amide bonds. The van der Waals surface area contributed by atoms with Crippen molar-refractivity contribution >= 4 is 17.9 Å². The third kappa shape index (κ3) is 6.48. The molecule has 2 unspecified atom stereocenters. The zero-order valence-corrected chi connectivity index (χ0v) is 17.2. The first-order chi connectivity index (χ1) is 13.3. The molecule has 1 aliphatic heterocycles. The standard InChI is InChI=1S/C18H30F3N3O5/c1-9(2)12(14(25)18(19,20)21)22-15(26)11-7-6-8-24(11)16(27)13(10(3)4)23-17(28)29-5/h9-14,25H,6-8H2,1-5H3,(H,22,26)(H,23,28)/t11?,12-,13-,14?/m0/s1. The van der Waals surface area contributed by atoms with E-state index in [0.29, 0.717) is 6.42 Å². The molecule has 1 heterocycles. The fourth-order valence-corrected chi connectivity index (χ4v) is 3.26. The average molecular weight is 425 g/mol. The van der Waals surface area contributed by atoms with E-state index in [1.54, 1.807) is 13.8 Å². The van der Waals surface area contributed by atoms with Gasteiger partial charge in [0, 0.05) is 6.54 Å². The van der Waals surface area contributed by atoms with Crippen LogP contribution < -0.4 is 10.6 Å². The molecule has 0 aliphatic carbocycles. The van der Waals surface area contributed by atoms with Gasteiger partial charge in [0.25, 0.3) is 0 Å². The highest BCUT2D eigenvalue weighted by Gasteiger charge is 2.46. The predicted molar refractivity (Wildman–Crippen MR) is 97.7 cm³/mol. The summed E-state index contributed by atoms with van der Waals surface area (Å²) in [6.07, 6.45) is -7.65. The highest BCUT2D eigenvalue weighted by atomic mass is 19.4. The number of halogens is 3. The van der Waals surface area contributed by atoms with Crippen LogP contribution in [0.5, 0.6) is 0 Å². The van der Waals surface area contributed by atoms with Gasteiger partial charge in [0.2, 0.25) is 11.8 Å². The number of alkyl carbamates (subject to hydrolysis) is 1. The summed E-state index contributed by atoms with van der Waals surface area (Å²) >= 11 is 0. The molecule has 29 heavy (non-hydrogen) atoms. The molecule has 11 heteroatoms. The minimum atomic E-state index is -4.89. The Kier molecular flexibility index (Phi) is 8.73. The number of alkyl halides is 3. The maximum absolute atomic E-state index is 12.9. The third-order valence-electron chi connectivity index (χ3n) is 4.93. The Bertz CT molecular complexity index is 598. The lowest BCUT2D eigenvalue weighted by atomic mass is 9.97. The highest BCUT2D eigenvalue weighted by molar-refractivity contribution is 5.92. The van der Waals surface area contributed by atoms with Crippen molar-refractivity contribution in [3.63, 3.8) is 0 Å². The Balaban J connectivity index is 2.97. The molecule has 8 nitrogen and oxygen atoms in total. The topological polar surface area (TPSA) is 108 Å². The molecule has 1 fully saturated rings. The Morgan fingerprint density at radius 2 is 1.69 bits per heavy atom. The molecule has 0 radical (unpaired) electrons. The smallest absolute Gasteiger partial charge is 0.416 e.